The van der Waals surface area contributed by atoms with E-state index in [1.165, 1.54) is 0 Å². The van der Waals surface area contributed by atoms with Gasteiger partial charge in [0.15, 0.2) is 5.82 Å². The van der Waals surface area contributed by atoms with E-state index in [0.29, 0.717) is 17.9 Å². The van der Waals surface area contributed by atoms with Crippen LogP contribution in [0, 0.1) is 19.3 Å². The molecule has 4 N–H and O–H groups in total. The maximum absolute atomic E-state index is 9.36. The summed E-state index contributed by atoms with van der Waals surface area (Å²) in [6.45, 7) is 5.80. The zero-order valence-corrected chi connectivity index (χ0v) is 10.7. The van der Waals surface area contributed by atoms with Gasteiger partial charge in [-0.15, -0.1) is 5.10 Å². The minimum Gasteiger partial charge on any atom is -0.392 e. The second-order valence-corrected chi connectivity index (χ2v) is 4.25. The molecule has 1 aromatic heterocycles. The van der Waals surface area contributed by atoms with E-state index in [9.17, 15) is 5.11 Å². The molecule has 0 bridgehead atoms. The van der Waals surface area contributed by atoms with Crippen molar-refractivity contribution >= 4 is 11.7 Å². The molecule has 0 aliphatic heterocycles. The van der Waals surface area contributed by atoms with E-state index >= 15 is 0 Å². The second-order valence-electron chi connectivity index (χ2n) is 4.25. The van der Waals surface area contributed by atoms with E-state index in [0.717, 1.165) is 11.3 Å². The lowest BCUT2D eigenvalue weighted by molar-refractivity contribution is 0.201. The van der Waals surface area contributed by atoms with Crippen LogP contribution in [0.4, 0.5) is 5.82 Å². The summed E-state index contributed by atoms with van der Waals surface area (Å²) in [7, 11) is 1.79. The van der Waals surface area contributed by atoms with E-state index in [1.807, 2.05) is 13.8 Å². The molecule has 1 atom stereocenters. The van der Waals surface area contributed by atoms with Crippen LogP contribution >= 0.6 is 0 Å². The van der Waals surface area contributed by atoms with E-state index in [4.69, 9.17) is 11.1 Å². The molecule has 17 heavy (non-hydrogen) atoms. The first-order valence-electron chi connectivity index (χ1n) is 5.42. The number of nitrogen functional groups attached to an aromatic ring is 1. The van der Waals surface area contributed by atoms with Crippen molar-refractivity contribution in [2.24, 2.45) is 5.73 Å². The van der Waals surface area contributed by atoms with Gasteiger partial charge in [-0.2, -0.15) is 5.10 Å². The van der Waals surface area contributed by atoms with Crippen molar-refractivity contribution in [3.8, 4) is 0 Å². The van der Waals surface area contributed by atoms with Crippen molar-refractivity contribution in [2.45, 2.75) is 26.9 Å². The van der Waals surface area contributed by atoms with Gasteiger partial charge < -0.3 is 15.7 Å². The lowest BCUT2D eigenvalue weighted by Gasteiger charge is -2.22. The van der Waals surface area contributed by atoms with Gasteiger partial charge in [0.2, 0.25) is 0 Å². The lowest BCUT2D eigenvalue weighted by Crippen LogP contribution is -2.31. The molecule has 0 spiro atoms. The Labute approximate surface area is 101 Å². The smallest absolute Gasteiger partial charge is 0.162 e. The van der Waals surface area contributed by atoms with Gasteiger partial charge in [-0.3, -0.25) is 5.41 Å². The Morgan fingerprint density at radius 3 is 2.53 bits per heavy atom. The molecule has 0 saturated carbocycles. The molecule has 1 rings (SSSR count). The molecule has 0 radical (unpaired) electrons. The van der Waals surface area contributed by atoms with Gasteiger partial charge in [0.05, 0.1) is 17.4 Å². The van der Waals surface area contributed by atoms with Crippen molar-refractivity contribution in [3.05, 3.63) is 16.8 Å². The van der Waals surface area contributed by atoms with Crippen LogP contribution < -0.4 is 10.6 Å². The van der Waals surface area contributed by atoms with Crippen LogP contribution in [0.2, 0.25) is 0 Å². The third-order valence-corrected chi connectivity index (χ3v) is 2.61. The number of aliphatic hydroxyl groups excluding tert-OH is 1. The van der Waals surface area contributed by atoms with Crippen LogP contribution in [0.1, 0.15) is 23.7 Å². The molecule has 94 valence electrons. The largest absolute Gasteiger partial charge is 0.392 e. The fraction of sp³-hybridized carbons (Fsp3) is 0.545. The first-order chi connectivity index (χ1) is 7.84. The summed E-state index contributed by atoms with van der Waals surface area (Å²) < 4.78 is 0. The molecule has 1 unspecified atom stereocenters. The molecule has 0 saturated heterocycles. The Kier molecular flexibility index (Phi) is 4.01. The fourth-order valence-electron chi connectivity index (χ4n) is 1.67. The molecule has 0 aromatic carbocycles. The lowest BCUT2D eigenvalue weighted by atomic mass is 10.1. The zero-order valence-electron chi connectivity index (χ0n) is 10.7. The molecule has 6 heteroatoms. The summed E-state index contributed by atoms with van der Waals surface area (Å²) in [5.41, 5.74) is 7.76. The van der Waals surface area contributed by atoms with E-state index in [1.54, 1.807) is 18.9 Å². The number of aliphatic hydroxyl groups is 1. The summed E-state index contributed by atoms with van der Waals surface area (Å²) in [5.74, 6) is 0.495. The monoisotopic (exact) mass is 237 g/mol. The van der Waals surface area contributed by atoms with Gasteiger partial charge >= 0.3 is 0 Å². The van der Waals surface area contributed by atoms with Gasteiger partial charge in [-0.05, 0) is 26.3 Å². The Morgan fingerprint density at radius 1 is 1.47 bits per heavy atom. The highest BCUT2D eigenvalue weighted by Gasteiger charge is 2.17. The Balaban J connectivity index is 3.24. The van der Waals surface area contributed by atoms with Crippen LogP contribution in [0.3, 0.4) is 0 Å². The minimum absolute atomic E-state index is 0.0343. The predicted octanol–water partition coefficient (Wildman–Crippen LogP) is 0.195. The number of hydrogen-bond acceptors (Lipinski definition) is 5. The molecule has 0 aliphatic carbocycles. The minimum atomic E-state index is -0.483. The molecule has 0 amide bonds. The summed E-state index contributed by atoms with van der Waals surface area (Å²) >= 11 is 0. The van der Waals surface area contributed by atoms with Gasteiger partial charge in [0.25, 0.3) is 0 Å². The zero-order chi connectivity index (χ0) is 13.2. The average molecular weight is 237 g/mol. The van der Waals surface area contributed by atoms with Crippen molar-refractivity contribution in [2.75, 3.05) is 18.5 Å². The molecular formula is C11H19N5O. The van der Waals surface area contributed by atoms with Crippen LogP contribution in [0.25, 0.3) is 0 Å². The summed E-state index contributed by atoms with van der Waals surface area (Å²) in [4.78, 5) is 1.75. The highest BCUT2D eigenvalue weighted by Crippen LogP contribution is 2.20. The Bertz CT molecular complexity index is 430. The quantitative estimate of drug-likeness (QED) is 0.513. The molecular weight excluding hydrogens is 218 g/mol. The third kappa shape index (κ3) is 2.91. The molecule has 1 aromatic rings. The van der Waals surface area contributed by atoms with Crippen LogP contribution in [-0.2, 0) is 0 Å². The number of anilines is 1. The fourth-order valence-corrected chi connectivity index (χ4v) is 1.67. The maximum atomic E-state index is 9.36. The van der Waals surface area contributed by atoms with Crippen LogP contribution in [0.5, 0.6) is 0 Å². The second kappa shape index (κ2) is 5.09. The number of rotatable bonds is 4. The molecule has 0 fully saturated rings. The summed E-state index contributed by atoms with van der Waals surface area (Å²) in [6.07, 6.45) is -0.483. The highest BCUT2D eigenvalue weighted by molar-refractivity contribution is 6.01. The summed E-state index contributed by atoms with van der Waals surface area (Å²) in [6, 6.07) is 0. The van der Waals surface area contributed by atoms with Crippen molar-refractivity contribution in [3.63, 3.8) is 0 Å². The predicted molar refractivity (Wildman–Crippen MR) is 67.5 cm³/mol. The molecule has 0 aliphatic rings. The van der Waals surface area contributed by atoms with Crippen molar-refractivity contribution in [1.82, 2.24) is 10.2 Å². The van der Waals surface area contributed by atoms with Gasteiger partial charge in [-0.1, -0.05) is 0 Å². The third-order valence-electron chi connectivity index (χ3n) is 2.61. The van der Waals surface area contributed by atoms with E-state index in [-0.39, 0.29) is 5.84 Å². The van der Waals surface area contributed by atoms with Crippen LogP contribution in [-0.4, -0.2) is 40.8 Å². The number of nitrogens with two attached hydrogens (primary N) is 1. The standard InChI is InChI=1S/C11H19N5O/c1-6(17)5-16(4)11-9(10(12)13)7(2)8(3)14-15-11/h6,17H,5H2,1-4H3,(H3,12,13). The van der Waals surface area contributed by atoms with Crippen LogP contribution in [0.15, 0.2) is 0 Å². The first kappa shape index (κ1) is 13.4. The highest BCUT2D eigenvalue weighted by atomic mass is 16.3. The number of amidine groups is 1. The number of nitrogens with zero attached hydrogens (tertiary/aromatic N) is 3. The maximum Gasteiger partial charge on any atom is 0.162 e. The number of aromatic nitrogens is 2. The number of likely N-dealkylation sites (N-methyl/N-ethyl adjacent to an activating group) is 1. The SMILES string of the molecule is Cc1nnc(N(C)CC(C)O)c(C(=N)N)c1C. The number of aryl methyl sites for hydroxylation is 1. The number of hydrogen-bond donors (Lipinski definition) is 3. The van der Waals surface area contributed by atoms with Gasteiger partial charge in [-0.25, -0.2) is 0 Å². The van der Waals surface area contributed by atoms with Crippen molar-refractivity contribution < 1.29 is 5.11 Å². The number of nitrogens with one attached hydrogen (secondary N) is 1. The summed E-state index contributed by atoms with van der Waals surface area (Å²) in [5, 5.41) is 25.1. The molecule has 1 heterocycles. The Morgan fingerprint density at radius 2 is 2.06 bits per heavy atom. The Hall–Kier alpha value is -1.69. The normalized spacial score (nSPS) is 12.3. The first-order valence-corrected chi connectivity index (χ1v) is 5.42. The molecule has 6 nitrogen and oxygen atoms in total. The topological polar surface area (TPSA) is 99.1 Å². The van der Waals surface area contributed by atoms with Crippen molar-refractivity contribution in [1.29, 1.82) is 5.41 Å². The van der Waals surface area contributed by atoms with Gasteiger partial charge in [0.1, 0.15) is 5.84 Å². The van der Waals surface area contributed by atoms with E-state index in [2.05, 4.69) is 10.2 Å². The van der Waals surface area contributed by atoms with E-state index < -0.39 is 6.10 Å². The van der Waals surface area contributed by atoms with Gasteiger partial charge in [0, 0.05) is 13.6 Å². The average Bonchev–Trinajstić information content (AvgIpc) is 2.19.